The highest BCUT2D eigenvalue weighted by atomic mass is 32.2. The average molecular weight is 927 g/mol. The molecule has 18 nitrogen and oxygen atoms in total. The molecule has 10 rings (SSSR count). The number of likely N-dealkylation sites (N-methyl/N-ethyl adjacent to an activating group) is 1. The van der Waals surface area contributed by atoms with E-state index in [4.69, 9.17) is 10.2 Å². The monoisotopic (exact) mass is 926 g/mol. The van der Waals surface area contributed by atoms with Gasteiger partial charge in [-0.2, -0.15) is 4.31 Å². The second-order valence-electron chi connectivity index (χ2n) is 16.0. The molecule has 0 bridgehead atoms. The number of pyridine rings is 2. The molecule has 20 heteroatoms. The Morgan fingerprint density at radius 3 is 2.27 bits per heavy atom. The molecule has 0 unspecified atom stereocenters. The first-order chi connectivity index (χ1) is 32.0. The third-order valence-corrected chi connectivity index (χ3v) is 14.7. The van der Waals surface area contributed by atoms with Crippen LogP contribution >= 0.6 is 11.3 Å². The van der Waals surface area contributed by atoms with Crippen molar-refractivity contribution in [1.82, 2.24) is 49.3 Å². The van der Waals surface area contributed by atoms with E-state index in [1.165, 1.54) is 33.5 Å². The number of para-hydroxylation sites is 1. The summed E-state index contributed by atoms with van der Waals surface area (Å²) in [6.07, 6.45) is 6.96. The standard InChI is InChI=1S/C27H27N7O2S.C19H19N5O4S/c1-17-14-29-18(15-28-17)16-30-26(36)23-24(35)19-8-9-22(33-11-5-10-32(2)12-13-33)31-25(19)34-20-6-3-4-7-21(20)37-27(23)34;25-18(22-26)16-12-20-19(21-13-16)23-7-9-24(10-8-23)29(27,28)17-6-5-14-3-1-2-4-15(14)11-17/h3-4,6-9,14-15H,5,10-13,16H2,1-2H3,(H,30,36);1-6,11-13,26H,7-10H2,(H,22,25). The van der Waals surface area contributed by atoms with E-state index in [2.05, 4.69) is 42.1 Å². The predicted octanol–water partition coefficient (Wildman–Crippen LogP) is 4.49. The van der Waals surface area contributed by atoms with Crippen molar-refractivity contribution >= 4 is 81.8 Å². The summed E-state index contributed by atoms with van der Waals surface area (Å²) in [6.45, 7) is 7.30. The molecule has 0 aliphatic carbocycles. The van der Waals surface area contributed by atoms with Crippen LogP contribution in [0, 0.1) is 6.92 Å². The zero-order chi connectivity index (χ0) is 46.0. The molecular weight excluding hydrogens is 881 g/mol. The number of thiazole rings is 1. The number of hydrogen-bond donors (Lipinski definition) is 3. The van der Waals surface area contributed by atoms with Gasteiger partial charge < -0.3 is 20.0 Å². The lowest BCUT2D eigenvalue weighted by atomic mass is 10.1. The van der Waals surface area contributed by atoms with Crippen LogP contribution in [0.5, 0.6) is 0 Å². The van der Waals surface area contributed by atoms with Crippen LogP contribution in [-0.4, -0.2) is 123 Å². The number of nitrogens with one attached hydrogen (secondary N) is 2. The molecule has 5 aromatic heterocycles. The van der Waals surface area contributed by atoms with Crippen molar-refractivity contribution in [3.8, 4) is 0 Å². The molecule has 0 spiro atoms. The van der Waals surface area contributed by atoms with Gasteiger partial charge in [-0.15, -0.1) is 11.3 Å². The van der Waals surface area contributed by atoms with E-state index in [-0.39, 0.29) is 28.0 Å². The number of carbonyl (C=O) groups excluding carboxylic acids is 2. The van der Waals surface area contributed by atoms with Crippen LogP contribution in [0.15, 0.2) is 113 Å². The topological polar surface area (TPSA) is 211 Å². The number of amides is 2. The largest absolute Gasteiger partial charge is 0.355 e. The van der Waals surface area contributed by atoms with Crippen LogP contribution in [0.4, 0.5) is 11.8 Å². The summed E-state index contributed by atoms with van der Waals surface area (Å²) in [5.41, 5.74) is 4.39. The normalized spacial score (nSPS) is 15.1. The summed E-state index contributed by atoms with van der Waals surface area (Å²) >= 11 is 1.43. The van der Waals surface area contributed by atoms with Gasteiger partial charge in [0, 0.05) is 64.4 Å². The fourth-order valence-corrected chi connectivity index (χ4v) is 10.7. The molecule has 0 atom stereocenters. The Kier molecular flexibility index (Phi) is 12.6. The van der Waals surface area contributed by atoms with Crippen molar-refractivity contribution in [2.45, 2.75) is 24.8 Å². The molecule has 0 radical (unpaired) electrons. The van der Waals surface area contributed by atoms with Crippen molar-refractivity contribution in [3.63, 3.8) is 0 Å². The lowest BCUT2D eigenvalue weighted by Crippen LogP contribution is -2.49. The molecule has 0 saturated carbocycles. The highest BCUT2D eigenvalue weighted by molar-refractivity contribution is 7.89. The van der Waals surface area contributed by atoms with Crippen LogP contribution in [0.2, 0.25) is 0 Å². The molecular formula is C46H46N12O6S2. The van der Waals surface area contributed by atoms with E-state index in [1.807, 2.05) is 83.0 Å². The number of nitrogens with zero attached hydrogens (tertiary/aromatic N) is 10. The number of benzene rings is 3. The Morgan fingerprint density at radius 1 is 0.773 bits per heavy atom. The van der Waals surface area contributed by atoms with E-state index >= 15 is 0 Å². The summed E-state index contributed by atoms with van der Waals surface area (Å²) in [6, 6.07) is 24.4. The number of carbonyl (C=O) groups is 2. The minimum Gasteiger partial charge on any atom is -0.355 e. The number of sulfonamides is 1. The number of aryl methyl sites for hydroxylation is 1. The number of aromatic nitrogens is 6. The van der Waals surface area contributed by atoms with Crippen LogP contribution in [0.1, 0.15) is 38.5 Å². The van der Waals surface area contributed by atoms with Gasteiger partial charge in [0.05, 0.1) is 50.2 Å². The molecule has 66 heavy (non-hydrogen) atoms. The fraction of sp³-hybridized carbons (Fsp3) is 0.261. The maximum atomic E-state index is 13.7. The van der Waals surface area contributed by atoms with Crippen molar-refractivity contribution in [1.29, 1.82) is 0 Å². The van der Waals surface area contributed by atoms with E-state index in [1.54, 1.807) is 24.5 Å². The lowest BCUT2D eigenvalue weighted by Gasteiger charge is -2.34. The number of hydroxylamine groups is 1. The Balaban J connectivity index is 0.000000171. The van der Waals surface area contributed by atoms with Gasteiger partial charge in [0.1, 0.15) is 16.2 Å². The average Bonchev–Trinajstić information content (AvgIpc) is 3.60. The second-order valence-corrected chi connectivity index (χ2v) is 19.0. The molecule has 338 valence electrons. The summed E-state index contributed by atoms with van der Waals surface area (Å²) in [7, 11) is -1.46. The Morgan fingerprint density at radius 2 is 1.52 bits per heavy atom. The molecule has 2 saturated heterocycles. The highest BCUT2D eigenvalue weighted by Gasteiger charge is 2.30. The molecule has 3 aromatic carbocycles. The molecule has 7 heterocycles. The maximum Gasteiger partial charge on any atom is 0.277 e. The molecule has 2 aliphatic rings. The van der Waals surface area contributed by atoms with Crippen molar-refractivity contribution in [3.05, 3.63) is 136 Å². The maximum absolute atomic E-state index is 13.7. The van der Waals surface area contributed by atoms with E-state index in [0.717, 1.165) is 65.1 Å². The van der Waals surface area contributed by atoms with Crippen molar-refractivity contribution in [2.24, 2.45) is 0 Å². The predicted molar refractivity (Wildman–Crippen MR) is 253 cm³/mol. The van der Waals surface area contributed by atoms with E-state index in [9.17, 15) is 22.8 Å². The summed E-state index contributed by atoms with van der Waals surface area (Å²) in [5.74, 6) is 0.129. The first-order valence-electron chi connectivity index (χ1n) is 21.3. The summed E-state index contributed by atoms with van der Waals surface area (Å²) in [4.78, 5) is 67.6. The summed E-state index contributed by atoms with van der Waals surface area (Å²) in [5, 5.41) is 13.8. The van der Waals surface area contributed by atoms with Crippen LogP contribution in [0.3, 0.4) is 0 Å². The Labute approximate surface area is 383 Å². The number of rotatable bonds is 8. The second kappa shape index (κ2) is 18.9. The SMILES string of the molecule is Cc1cnc(CNC(=O)c2c(=O)c3ccc(N4CCCN(C)CC4)nc3n3c2sc2ccccc23)cn1.O=C(NO)c1cnc(N2CCN(S(=O)(=O)c3ccc4ccccc4c3)CC2)nc1. The van der Waals surface area contributed by atoms with Crippen molar-refractivity contribution < 1.29 is 23.2 Å². The number of fused-ring (bicyclic) bond motifs is 6. The van der Waals surface area contributed by atoms with Gasteiger partial charge in [0.2, 0.25) is 21.4 Å². The van der Waals surface area contributed by atoms with Gasteiger partial charge in [-0.1, -0.05) is 42.5 Å². The van der Waals surface area contributed by atoms with Gasteiger partial charge in [0.25, 0.3) is 11.8 Å². The minimum atomic E-state index is -3.60. The Hall–Kier alpha value is -6.97. The van der Waals surface area contributed by atoms with Gasteiger partial charge in [-0.25, -0.2) is 28.8 Å². The third-order valence-electron chi connectivity index (χ3n) is 11.7. The van der Waals surface area contributed by atoms with Crippen LogP contribution in [0.25, 0.3) is 36.9 Å². The van der Waals surface area contributed by atoms with E-state index in [0.29, 0.717) is 53.7 Å². The Bertz CT molecular complexity index is 3270. The number of anilines is 2. The highest BCUT2D eigenvalue weighted by Crippen LogP contribution is 2.32. The lowest BCUT2D eigenvalue weighted by molar-refractivity contribution is 0.0705. The van der Waals surface area contributed by atoms with Gasteiger partial charge in [-0.3, -0.25) is 34.0 Å². The van der Waals surface area contributed by atoms with Crippen molar-refractivity contribution in [2.75, 3.05) is 69.2 Å². The molecule has 2 amide bonds. The number of hydrogen-bond acceptors (Lipinski definition) is 15. The minimum absolute atomic E-state index is 0.125. The zero-order valence-corrected chi connectivity index (χ0v) is 37.8. The van der Waals surface area contributed by atoms with Crippen LogP contribution in [-0.2, 0) is 16.6 Å². The third kappa shape index (κ3) is 9.00. The van der Waals surface area contributed by atoms with Crippen LogP contribution < -0.4 is 26.0 Å². The van der Waals surface area contributed by atoms with Gasteiger partial charge >= 0.3 is 0 Å². The smallest absolute Gasteiger partial charge is 0.277 e. The fourth-order valence-electron chi connectivity index (χ4n) is 8.07. The molecule has 8 aromatic rings. The molecule has 3 N–H and O–H groups in total. The molecule has 2 aliphatic heterocycles. The number of piperazine rings is 1. The van der Waals surface area contributed by atoms with Gasteiger partial charge in [0.15, 0.2) is 5.65 Å². The first-order valence-corrected chi connectivity index (χ1v) is 23.6. The zero-order valence-electron chi connectivity index (χ0n) is 36.2. The quantitative estimate of drug-likeness (QED) is 0.142. The summed E-state index contributed by atoms with van der Waals surface area (Å²) < 4.78 is 30.5. The molecule has 2 fully saturated rings. The first kappa shape index (κ1) is 44.2. The van der Waals surface area contributed by atoms with Gasteiger partial charge in [-0.05, 0) is 74.1 Å². The van der Waals surface area contributed by atoms with E-state index < -0.39 is 21.8 Å².